The van der Waals surface area contributed by atoms with Crippen molar-refractivity contribution < 1.29 is 13.9 Å². The Balaban J connectivity index is 1.68. The molecule has 0 radical (unpaired) electrons. The predicted molar refractivity (Wildman–Crippen MR) is 70.8 cm³/mol. The lowest BCUT2D eigenvalue weighted by Crippen LogP contribution is -2.38. The van der Waals surface area contributed by atoms with E-state index in [1.807, 2.05) is 6.07 Å². The Morgan fingerprint density at radius 1 is 1.42 bits per heavy atom. The number of hydrogen-bond acceptors (Lipinski definition) is 3. The maximum atomic E-state index is 13.4. The van der Waals surface area contributed by atoms with Crippen LogP contribution in [0.2, 0.25) is 0 Å². The van der Waals surface area contributed by atoms with Gasteiger partial charge in [0.05, 0.1) is 19.3 Å². The van der Waals surface area contributed by atoms with Crippen molar-refractivity contribution in [2.45, 2.75) is 50.5 Å². The molecule has 3 rings (SSSR count). The number of benzene rings is 1. The van der Waals surface area contributed by atoms with Crippen LogP contribution in [0.3, 0.4) is 0 Å². The van der Waals surface area contributed by atoms with E-state index in [9.17, 15) is 4.39 Å². The summed E-state index contributed by atoms with van der Waals surface area (Å²) in [5.41, 5.74) is 1.04. The maximum Gasteiger partial charge on any atom is 0.165 e. The molecule has 4 heteroatoms. The topological polar surface area (TPSA) is 30.5 Å². The zero-order chi connectivity index (χ0) is 13.4. The summed E-state index contributed by atoms with van der Waals surface area (Å²) in [6, 6.07) is 5.63. The summed E-state index contributed by atoms with van der Waals surface area (Å²) in [5.74, 6) is -0.0166. The second-order valence-corrected chi connectivity index (χ2v) is 5.50. The number of hydrogen-bond donors (Lipinski definition) is 1. The summed E-state index contributed by atoms with van der Waals surface area (Å²) in [6.45, 7) is 2.10. The number of ether oxygens (including phenoxy) is 2. The lowest BCUT2D eigenvalue weighted by atomic mass is 9.94. The molecule has 2 bridgehead atoms. The van der Waals surface area contributed by atoms with E-state index in [0.29, 0.717) is 24.0 Å². The highest BCUT2D eigenvalue weighted by Crippen LogP contribution is 2.35. The van der Waals surface area contributed by atoms with Crippen molar-refractivity contribution in [3.8, 4) is 5.75 Å². The van der Waals surface area contributed by atoms with Crippen molar-refractivity contribution in [2.24, 2.45) is 0 Å². The Hall–Kier alpha value is -1.13. The van der Waals surface area contributed by atoms with Crippen LogP contribution in [0.1, 0.15) is 37.8 Å². The fourth-order valence-electron chi connectivity index (χ4n) is 3.18. The predicted octanol–water partition coefficient (Wildman–Crippen LogP) is 2.80. The molecule has 19 heavy (non-hydrogen) atoms. The first kappa shape index (κ1) is 12.9. The molecule has 0 aromatic heterocycles. The molecule has 1 N–H and O–H groups in total. The van der Waals surface area contributed by atoms with Crippen molar-refractivity contribution in [3.63, 3.8) is 0 Å². The molecule has 0 saturated carbocycles. The van der Waals surface area contributed by atoms with Gasteiger partial charge in [-0.15, -0.1) is 0 Å². The van der Waals surface area contributed by atoms with Crippen LogP contribution < -0.4 is 10.1 Å². The lowest BCUT2D eigenvalue weighted by molar-refractivity contribution is 0.0962. The van der Waals surface area contributed by atoms with Crippen molar-refractivity contribution in [3.05, 3.63) is 29.6 Å². The van der Waals surface area contributed by atoms with Gasteiger partial charge in [-0.25, -0.2) is 4.39 Å². The van der Waals surface area contributed by atoms with Gasteiger partial charge in [-0.1, -0.05) is 6.07 Å². The summed E-state index contributed by atoms with van der Waals surface area (Å²) < 4.78 is 24.3. The smallest absolute Gasteiger partial charge is 0.165 e. The second-order valence-electron chi connectivity index (χ2n) is 5.50. The van der Waals surface area contributed by atoms with Gasteiger partial charge in [-0.2, -0.15) is 0 Å². The minimum Gasteiger partial charge on any atom is -0.494 e. The monoisotopic (exact) mass is 265 g/mol. The number of rotatable bonds is 4. The summed E-state index contributed by atoms with van der Waals surface area (Å²) in [6.07, 6.45) is 4.24. The minimum atomic E-state index is -0.318. The van der Waals surface area contributed by atoms with Gasteiger partial charge in [0.2, 0.25) is 0 Å². The fraction of sp³-hybridized carbons (Fsp3) is 0.600. The van der Waals surface area contributed by atoms with Gasteiger partial charge in [0, 0.05) is 12.1 Å². The molecule has 2 fully saturated rings. The van der Waals surface area contributed by atoms with Crippen LogP contribution in [-0.4, -0.2) is 25.4 Å². The van der Waals surface area contributed by atoms with Crippen LogP contribution in [0.5, 0.6) is 5.75 Å². The molecule has 104 valence electrons. The van der Waals surface area contributed by atoms with E-state index in [1.54, 1.807) is 6.07 Å². The molecule has 0 aliphatic carbocycles. The summed E-state index contributed by atoms with van der Waals surface area (Å²) in [5, 5.41) is 3.59. The molecule has 1 aromatic carbocycles. The highest BCUT2D eigenvalue weighted by molar-refractivity contribution is 5.32. The molecule has 0 spiro atoms. The Bertz CT molecular complexity index is 465. The van der Waals surface area contributed by atoms with Gasteiger partial charge in [0.1, 0.15) is 0 Å². The molecule has 4 atom stereocenters. The zero-order valence-corrected chi connectivity index (χ0v) is 11.4. The van der Waals surface area contributed by atoms with Gasteiger partial charge in [0.15, 0.2) is 11.6 Å². The van der Waals surface area contributed by atoms with Crippen LogP contribution >= 0.6 is 0 Å². The highest BCUT2D eigenvalue weighted by atomic mass is 19.1. The number of fused-ring (bicyclic) bond motifs is 2. The van der Waals surface area contributed by atoms with E-state index in [0.717, 1.165) is 18.4 Å². The summed E-state index contributed by atoms with van der Waals surface area (Å²) in [4.78, 5) is 0. The van der Waals surface area contributed by atoms with Crippen LogP contribution in [0.4, 0.5) is 4.39 Å². The quantitative estimate of drug-likeness (QED) is 0.908. The molecule has 2 aliphatic heterocycles. The van der Waals surface area contributed by atoms with Crippen LogP contribution in [0.15, 0.2) is 18.2 Å². The van der Waals surface area contributed by atoms with E-state index in [2.05, 4.69) is 12.2 Å². The lowest BCUT2D eigenvalue weighted by Gasteiger charge is -2.25. The molecule has 0 amide bonds. The van der Waals surface area contributed by atoms with Gasteiger partial charge in [0.25, 0.3) is 0 Å². The average Bonchev–Trinajstić information content (AvgIpc) is 3.01. The third-order valence-corrected chi connectivity index (χ3v) is 4.25. The van der Waals surface area contributed by atoms with Crippen LogP contribution in [0.25, 0.3) is 0 Å². The Labute approximate surface area is 113 Å². The standard InChI is InChI=1S/C15H20FNO2/c1-9(10-3-5-12(16)15(7-10)18-2)17-13-8-11-4-6-14(13)19-11/h3,5,7,9,11,13-14,17H,4,6,8H2,1-2H3/t9-,11+,13-,14+/m0/s1. The largest absolute Gasteiger partial charge is 0.494 e. The third-order valence-electron chi connectivity index (χ3n) is 4.25. The molecule has 3 nitrogen and oxygen atoms in total. The van der Waals surface area contributed by atoms with Gasteiger partial charge >= 0.3 is 0 Å². The molecule has 2 aliphatic rings. The van der Waals surface area contributed by atoms with Gasteiger partial charge < -0.3 is 14.8 Å². The van der Waals surface area contributed by atoms with E-state index >= 15 is 0 Å². The maximum absolute atomic E-state index is 13.4. The summed E-state index contributed by atoms with van der Waals surface area (Å²) in [7, 11) is 1.49. The number of halogens is 1. The van der Waals surface area contributed by atoms with Crippen molar-refractivity contribution in [2.75, 3.05) is 7.11 Å². The molecule has 1 aromatic rings. The molecule has 0 unspecified atom stereocenters. The van der Waals surface area contributed by atoms with Gasteiger partial charge in [-0.05, 0) is 43.9 Å². The Kier molecular flexibility index (Phi) is 3.46. The molecule has 2 heterocycles. The van der Waals surface area contributed by atoms with E-state index in [4.69, 9.17) is 9.47 Å². The zero-order valence-electron chi connectivity index (χ0n) is 11.4. The Morgan fingerprint density at radius 2 is 2.26 bits per heavy atom. The highest BCUT2D eigenvalue weighted by Gasteiger charge is 2.41. The number of nitrogens with one attached hydrogen (secondary N) is 1. The van der Waals surface area contributed by atoms with E-state index in [-0.39, 0.29) is 11.9 Å². The van der Waals surface area contributed by atoms with E-state index < -0.39 is 0 Å². The normalized spacial score (nSPS) is 30.6. The van der Waals surface area contributed by atoms with Gasteiger partial charge in [-0.3, -0.25) is 0 Å². The first-order chi connectivity index (χ1) is 9.17. The second kappa shape index (κ2) is 5.10. The van der Waals surface area contributed by atoms with Crippen molar-refractivity contribution in [1.29, 1.82) is 0 Å². The summed E-state index contributed by atoms with van der Waals surface area (Å²) >= 11 is 0. The number of methoxy groups -OCH3 is 1. The Morgan fingerprint density at radius 3 is 2.89 bits per heavy atom. The SMILES string of the molecule is COc1cc([C@H](C)N[C@H]2C[C@H]3CC[C@H]2O3)ccc1F. The molecule has 2 saturated heterocycles. The van der Waals surface area contributed by atoms with Crippen LogP contribution in [0, 0.1) is 5.82 Å². The van der Waals surface area contributed by atoms with Crippen molar-refractivity contribution in [1.82, 2.24) is 5.32 Å². The van der Waals surface area contributed by atoms with Crippen molar-refractivity contribution >= 4 is 0 Å². The minimum absolute atomic E-state index is 0.169. The van der Waals surface area contributed by atoms with E-state index in [1.165, 1.54) is 19.6 Å². The average molecular weight is 265 g/mol. The van der Waals surface area contributed by atoms with Crippen LogP contribution in [-0.2, 0) is 4.74 Å². The first-order valence-corrected chi connectivity index (χ1v) is 6.92. The molecular weight excluding hydrogens is 245 g/mol. The third kappa shape index (κ3) is 2.47. The first-order valence-electron chi connectivity index (χ1n) is 6.92. The fourth-order valence-corrected chi connectivity index (χ4v) is 3.18. The molecular formula is C15H20FNO2.